The van der Waals surface area contributed by atoms with Gasteiger partial charge in [-0.05, 0) is 44.1 Å². The number of nitrogens with zero attached hydrogens (tertiary/aromatic N) is 1. The van der Waals surface area contributed by atoms with Crippen LogP contribution in [0, 0.1) is 0 Å². The van der Waals surface area contributed by atoms with Crippen molar-refractivity contribution in [3.63, 3.8) is 0 Å². The fraction of sp³-hybridized carbons (Fsp3) is 0.625. The van der Waals surface area contributed by atoms with Gasteiger partial charge in [0.15, 0.2) is 0 Å². The van der Waals surface area contributed by atoms with Crippen LogP contribution in [0.4, 0.5) is 5.69 Å². The maximum Gasteiger partial charge on any atom is 0.0748 e. The minimum absolute atomic E-state index is 0.312. The second kappa shape index (κ2) is 6.92. The summed E-state index contributed by atoms with van der Waals surface area (Å²) in [5.41, 5.74) is 2.59. The summed E-state index contributed by atoms with van der Waals surface area (Å²) in [7, 11) is 0. The first-order valence-corrected chi connectivity index (χ1v) is 7.42. The van der Waals surface area contributed by atoms with Crippen LogP contribution in [-0.2, 0) is 11.3 Å². The van der Waals surface area contributed by atoms with Crippen molar-refractivity contribution in [2.45, 2.75) is 45.9 Å². The topological polar surface area (TPSA) is 24.5 Å². The van der Waals surface area contributed by atoms with E-state index in [9.17, 15) is 0 Å². The Morgan fingerprint density at radius 1 is 1.32 bits per heavy atom. The SMILES string of the molecule is CCN(CC)Cc1cccc(NC2CCOC2C)c1. The standard InChI is InChI=1S/C16H26N2O/c1-4-18(5-2)12-14-7-6-8-15(11-14)17-16-9-10-19-13(16)3/h6-8,11,13,16-17H,4-5,9-10,12H2,1-3H3. The van der Waals surface area contributed by atoms with Crippen molar-refractivity contribution in [3.8, 4) is 0 Å². The summed E-state index contributed by atoms with van der Waals surface area (Å²) in [5, 5.41) is 3.60. The largest absolute Gasteiger partial charge is 0.380 e. The Morgan fingerprint density at radius 3 is 2.74 bits per heavy atom. The van der Waals surface area contributed by atoms with Crippen LogP contribution >= 0.6 is 0 Å². The predicted molar refractivity (Wildman–Crippen MR) is 80.5 cm³/mol. The molecule has 0 aliphatic carbocycles. The van der Waals surface area contributed by atoms with Gasteiger partial charge < -0.3 is 10.1 Å². The Balaban J connectivity index is 1.98. The third kappa shape index (κ3) is 3.95. The van der Waals surface area contributed by atoms with Crippen LogP contribution in [0.3, 0.4) is 0 Å². The average molecular weight is 262 g/mol. The van der Waals surface area contributed by atoms with E-state index in [1.54, 1.807) is 0 Å². The molecule has 0 radical (unpaired) electrons. The summed E-state index contributed by atoms with van der Waals surface area (Å²) in [6.45, 7) is 10.7. The van der Waals surface area contributed by atoms with Gasteiger partial charge in [-0.25, -0.2) is 0 Å². The lowest BCUT2D eigenvalue weighted by Crippen LogP contribution is -2.26. The van der Waals surface area contributed by atoms with Gasteiger partial charge in [0.1, 0.15) is 0 Å². The zero-order valence-corrected chi connectivity index (χ0v) is 12.4. The third-order valence-corrected chi connectivity index (χ3v) is 3.96. The minimum Gasteiger partial charge on any atom is -0.380 e. The maximum absolute atomic E-state index is 5.60. The highest BCUT2D eigenvalue weighted by molar-refractivity contribution is 5.47. The van der Waals surface area contributed by atoms with Crippen LogP contribution in [0.2, 0.25) is 0 Å². The zero-order chi connectivity index (χ0) is 13.7. The Hall–Kier alpha value is -1.06. The lowest BCUT2D eigenvalue weighted by atomic mass is 10.1. The molecular formula is C16H26N2O. The second-order valence-electron chi connectivity index (χ2n) is 5.28. The first-order valence-electron chi connectivity index (χ1n) is 7.42. The van der Waals surface area contributed by atoms with Gasteiger partial charge in [0.05, 0.1) is 12.1 Å². The lowest BCUT2D eigenvalue weighted by Gasteiger charge is -2.20. The summed E-state index contributed by atoms with van der Waals surface area (Å²) in [5.74, 6) is 0. The molecular weight excluding hydrogens is 236 g/mol. The number of nitrogens with one attached hydrogen (secondary N) is 1. The van der Waals surface area contributed by atoms with E-state index in [0.717, 1.165) is 32.7 Å². The van der Waals surface area contributed by atoms with E-state index in [0.29, 0.717) is 12.1 Å². The van der Waals surface area contributed by atoms with Gasteiger partial charge in [0.25, 0.3) is 0 Å². The molecule has 106 valence electrons. The van der Waals surface area contributed by atoms with Gasteiger partial charge in [-0.3, -0.25) is 4.90 Å². The van der Waals surface area contributed by atoms with E-state index in [1.165, 1.54) is 11.3 Å². The molecule has 0 bridgehead atoms. The number of anilines is 1. The number of hydrogen-bond acceptors (Lipinski definition) is 3. The molecule has 0 spiro atoms. The monoisotopic (exact) mass is 262 g/mol. The molecule has 1 aliphatic heterocycles. The van der Waals surface area contributed by atoms with Gasteiger partial charge in [0, 0.05) is 18.8 Å². The van der Waals surface area contributed by atoms with E-state index >= 15 is 0 Å². The van der Waals surface area contributed by atoms with E-state index in [4.69, 9.17) is 4.74 Å². The third-order valence-electron chi connectivity index (χ3n) is 3.96. The predicted octanol–water partition coefficient (Wildman–Crippen LogP) is 3.12. The second-order valence-corrected chi connectivity index (χ2v) is 5.28. The molecule has 3 nitrogen and oxygen atoms in total. The Labute approximate surface area is 116 Å². The van der Waals surface area contributed by atoms with Crippen molar-refractivity contribution in [1.29, 1.82) is 0 Å². The Morgan fingerprint density at radius 2 is 2.11 bits per heavy atom. The molecule has 2 rings (SSSR count). The van der Waals surface area contributed by atoms with Gasteiger partial charge in [0.2, 0.25) is 0 Å². The molecule has 0 aromatic heterocycles. The van der Waals surface area contributed by atoms with Crippen molar-refractivity contribution in [1.82, 2.24) is 4.90 Å². The van der Waals surface area contributed by atoms with E-state index < -0.39 is 0 Å². The maximum atomic E-state index is 5.60. The number of hydrogen-bond donors (Lipinski definition) is 1. The van der Waals surface area contributed by atoms with Crippen LogP contribution in [0.25, 0.3) is 0 Å². The lowest BCUT2D eigenvalue weighted by molar-refractivity contribution is 0.121. The molecule has 1 aromatic rings. The average Bonchev–Trinajstić information content (AvgIpc) is 2.82. The first kappa shape index (κ1) is 14.4. The molecule has 2 atom stereocenters. The normalized spacial score (nSPS) is 22.9. The number of benzene rings is 1. The zero-order valence-electron chi connectivity index (χ0n) is 12.4. The van der Waals surface area contributed by atoms with Crippen molar-refractivity contribution < 1.29 is 4.74 Å². The Kier molecular flexibility index (Phi) is 5.23. The molecule has 0 amide bonds. The first-order chi connectivity index (χ1) is 9.22. The van der Waals surface area contributed by atoms with Crippen LogP contribution in [0.5, 0.6) is 0 Å². The molecule has 1 saturated heterocycles. The van der Waals surface area contributed by atoms with Crippen molar-refractivity contribution >= 4 is 5.69 Å². The summed E-state index contributed by atoms with van der Waals surface area (Å²) in [4.78, 5) is 2.43. The summed E-state index contributed by atoms with van der Waals surface area (Å²) < 4.78 is 5.60. The molecule has 19 heavy (non-hydrogen) atoms. The van der Waals surface area contributed by atoms with Crippen LogP contribution in [-0.4, -0.2) is 36.7 Å². The van der Waals surface area contributed by atoms with Crippen LogP contribution < -0.4 is 5.32 Å². The number of rotatable bonds is 6. The fourth-order valence-electron chi connectivity index (χ4n) is 2.60. The summed E-state index contributed by atoms with van der Waals surface area (Å²) >= 11 is 0. The van der Waals surface area contributed by atoms with Crippen LogP contribution in [0.1, 0.15) is 32.8 Å². The highest BCUT2D eigenvalue weighted by Crippen LogP contribution is 2.20. The van der Waals surface area contributed by atoms with E-state index in [-0.39, 0.29) is 0 Å². The minimum atomic E-state index is 0.312. The van der Waals surface area contributed by atoms with Gasteiger partial charge >= 0.3 is 0 Å². The highest BCUT2D eigenvalue weighted by Gasteiger charge is 2.23. The highest BCUT2D eigenvalue weighted by atomic mass is 16.5. The Bertz CT molecular complexity index is 390. The van der Waals surface area contributed by atoms with Gasteiger partial charge in [-0.2, -0.15) is 0 Å². The molecule has 1 fully saturated rings. The van der Waals surface area contributed by atoms with E-state index in [2.05, 4.69) is 55.3 Å². The van der Waals surface area contributed by atoms with Crippen molar-refractivity contribution in [2.24, 2.45) is 0 Å². The molecule has 1 N–H and O–H groups in total. The molecule has 1 aliphatic rings. The van der Waals surface area contributed by atoms with E-state index in [1.807, 2.05) is 0 Å². The smallest absolute Gasteiger partial charge is 0.0748 e. The molecule has 1 heterocycles. The molecule has 3 heteroatoms. The summed E-state index contributed by atoms with van der Waals surface area (Å²) in [6.07, 6.45) is 1.41. The fourth-order valence-corrected chi connectivity index (χ4v) is 2.60. The van der Waals surface area contributed by atoms with Crippen molar-refractivity contribution in [2.75, 3.05) is 25.0 Å². The quantitative estimate of drug-likeness (QED) is 0.852. The van der Waals surface area contributed by atoms with Crippen molar-refractivity contribution in [3.05, 3.63) is 29.8 Å². The van der Waals surface area contributed by atoms with Gasteiger partial charge in [-0.15, -0.1) is 0 Å². The van der Waals surface area contributed by atoms with Gasteiger partial charge in [-0.1, -0.05) is 26.0 Å². The van der Waals surface area contributed by atoms with Crippen LogP contribution in [0.15, 0.2) is 24.3 Å². The molecule has 1 aromatic carbocycles. The molecule has 2 unspecified atom stereocenters. The molecule has 0 saturated carbocycles. The number of ether oxygens (including phenoxy) is 1. The summed E-state index contributed by atoms with van der Waals surface area (Å²) in [6, 6.07) is 9.21.